The van der Waals surface area contributed by atoms with Crippen LogP contribution in [0.25, 0.3) is 11.3 Å². The average molecular weight is 398 g/mol. The van der Waals surface area contributed by atoms with Gasteiger partial charge in [-0.25, -0.2) is 0 Å². The van der Waals surface area contributed by atoms with Crippen LogP contribution in [0.4, 0.5) is 0 Å². The first-order valence-electron chi connectivity index (χ1n) is 8.27. The summed E-state index contributed by atoms with van der Waals surface area (Å²) in [6.45, 7) is -0.316. The Labute approximate surface area is 165 Å². The fourth-order valence-corrected chi connectivity index (χ4v) is 2.52. The van der Waals surface area contributed by atoms with Gasteiger partial charge in [0.15, 0.2) is 0 Å². The van der Waals surface area contributed by atoms with Crippen LogP contribution in [0.2, 0.25) is 5.02 Å². The maximum Gasteiger partial charge on any atom is 0.287 e. The molecule has 0 aliphatic heterocycles. The van der Waals surface area contributed by atoms with Crippen molar-refractivity contribution >= 4 is 29.3 Å². The maximum absolute atomic E-state index is 12.1. The molecule has 0 saturated heterocycles. The van der Waals surface area contributed by atoms with Crippen molar-refractivity contribution in [1.82, 2.24) is 26.4 Å². The number of nitrogens with one attached hydrogen (secondary N) is 4. The van der Waals surface area contributed by atoms with E-state index in [4.69, 9.17) is 11.6 Å². The minimum Gasteiger partial charge on any atom is -0.343 e. The van der Waals surface area contributed by atoms with E-state index in [1.807, 2.05) is 30.3 Å². The standard InChI is InChI=1S/C19H16ClN5O3/c20-14-8-4-7-13(9-14)18(27)21-11-17(26)24-25-19(28)16-10-15(22-23-16)12-5-2-1-3-6-12/h1-10H,11H2,(H,21,27)(H,22,23)(H,24,26)(H,25,28). The van der Waals surface area contributed by atoms with Gasteiger partial charge in [0.25, 0.3) is 17.7 Å². The predicted octanol–water partition coefficient (Wildman–Crippen LogP) is 1.92. The molecular weight excluding hydrogens is 382 g/mol. The molecule has 1 aromatic heterocycles. The molecule has 1 heterocycles. The Hall–Kier alpha value is -3.65. The molecule has 4 N–H and O–H groups in total. The molecule has 0 aliphatic rings. The van der Waals surface area contributed by atoms with Gasteiger partial charge < -0.3 is 5.32 Å². The van der Waals surface area contributed by atoms with Crippen LogP contribution in [0.5, 0.6) is 0 Å². The molecule has 3 amide bonds. The second kappa shape index (κ2) is 8.83. The van der Waals surface area contributed by atoms with Crippen molar-refractivity contribution in [2.24, 2.45) is 0 Å². The van der Waals surface area contributed by atoms with E-state index in [0.717, 1.165) is 5.56 Å². The van der Waals surface area contributed by atoms with Crippen molar-refractivity contribution in [2.45, 2.75) is 0 Å². The summed E-state index contributed by atoms with van der Waals surface area (Å²) in [5, 5.41) is 9.53. The smallest absolute Gasteiger partial charge is 0.287 e. The molecular formula is C19H16ClN5O3. The van der Waals surface area contributed by atoms with Gasteiger partial charge in [-0.1, -0.05) is 48.0 Å². The molecule has 2 aromatic carbocycles. The molecule has 8 nitrogen and oxygen atoms in total. The van der Waals surface area contributed by atoms with Crippen molar-refractivity contribution in [3.8, 4) is 11.3 Å². The lowest BCUT2D eigenvalue weighted by Crippen LogP contribution is -2.46. The highest BCUT2D eigenvalue weighted by Crippen LogP contribution is 2.16. The van der Waals surface area contributed by atoms with Crippen LogP contribution in [0.3, 0.4) is 0 Å². The van der Waals surface area contributed by atoms with E-state index >= 15 is 0 Å². The van der Waals surface area contributed by atoms with E-state index in [-0.39, 0.29) is 12.2 Å². The van der Waals surface area contributed by atoms with Gasteiger partial charge in [0.05, 0.1) is 12.2 Å². The fraction of sp³-hybridized carbons (Fsp3) is 0.0526. The van der Waals surface area contributed by atoms with E-state index in [0.29, 0.717) is 16.3 Å². The van der Waals surface area contributed by atoms with Crippen LogP contribution >= 0.6 is 11.6 Å². The van der Waals surface area contributed by atoms with E-state index in [1.54, 1.807) is 24.3 Å². The summed E-state index contributed by atoms with van der Waals surface area (Å²) >= 11 is 5.82. The first-order valence-corrected chi connectivity index (χ1v) is 8.64. The Kier molecular flexibility index (Phi) is 6.03. The van der Waals surface area contributed by atoms with E-state index < -0.39 is 17.7 Å². The predicted molar refractivity (Wildman–Crippen MR) is 103 cm³/mol. The SMILES string of the molecule is O=C(CNC(=O)c1cccc(Cl)c1)NNC(=O)c1cc(-c2ccccc2)n[nH]1. The molecule has 0 spiro atoms. The summed E-state index contributed by atoms with van der Waals surface area (Å²) in [4.78, 5) is 35.9. The van der Waals surface area contributed by atoms with Gasteiger partial charge in [-0.05, 0) is 24.3 Å². The second-order valence-corrected chi connectivity index (χ2v) is 6.16. The summed E-state index contributed by atoms with van der Waals surface area (Å²) in [6.07, 6.45) is 0. The lowest BCUT2D eigenvalue weighted by molar-refractivity contribution is -0.120. The second-order valence-electron chi connectivity index (χ2n) is 5.73. The summed E-state index contributed by atoms with van der Waals surface area (Å²) in [7, 11) is 0. The lowest BCUT2D eigenvalue weighted by Gasteiger charge is -2.07. The molecule has 0 unspecified atom stereocenters. The monoisotopic (exact) mass is 397 g/mol. The normalized spacial score (nSPS) is 10.2. The molecule has 3 aromatic rings. The third kappa shape index (κ3) is 4.95. The van der Waals surface area contributed by atoms with Crippen molar-refractivity contribution in [1.29, 1.82) is 0 Å². The highest BCUT2D eigenvalue weighted by atomic mass is 35.5. The van der Waals surface area contributed by atoms with Gasteiger partial charge in [-0.15, -0.1) is 0 Å². The number of nitrogens with zero attached hydrogens (tertiary/aromatic N) is 1. The number of carbonyl (C=O) groups is 3. The third-order valence-corrected chi connectivity index (χ3v) is 3.94. The van der Waals surface area contributed by atoms with Crippen LogP contribution in [0.15, 0.2) is 60.7 Å². The van der Waals surface area contributed by atoms with Gasteiger partial charge in [-0.3, -0.25) is 30.3 Å². The first kappa shape index (κ1) is 19.1. The van der Waals surface area contributed by atoms with Gasteiger partial charge in [0, 0.05) is 16.1 Å². The number of benzene rings is 2. The molecule has 0 bridgehead atoms. The number of hydrogen-bond donors (Lipinski definition) is 4. The summed E-state index contributed by atoms with van der Waals surface area (Å²) in [5.74, 6) is -1.61. The molecule has 9 heteroatoms. The molecule has 3 rings (SSSR count). The summed E-state index contributed by atoms with van der Waals surface area (Å²) < 4.78 is 0. The number of halogens is 1. The van der Waals surface area contributed by atoms with E-state index in [9.17, 15) is 14.4 Å². The number of aromatic nitrogens is 2. The minimum absolute atomic E-state index is 0.183. The Morgan fingerprint density at radius 1 is 0.929 bits per heavy atom. The Morgan fingerprint density at radius 3 is 2.46 bits per heavy atom. The number of carbonyl (C=O) groups excluding carboxylic acids is 3. The van der Waals surface area contributed by atoms with Crippen molar-refractivity contribution in [3.05, 3.63) is 76.9 Å². The maximum atomic E-state index is 12.1. The van der Waals surface area contributed by atoms with Gasteiger partial charge in [0.1, 0.15) is 5.69 Å². The van der Waals surface area contributed by atoms with Crippen LogP contribution in [-0.4, -0.2) is 34.5 Å². The zero-order valence-electron chi connectivity index (χ0n) is 14.5. The number of hydrogen-bond acceptors (Lipinski definition) is 4. The van der Waals surface area contributed by atoms with E-state index in [2.05, 4.69) is 26.4 Å². The topological polar surface area (TPSA) is 116 Å². The highest BCUT2D eigenvalue weighted by molar-refractivity contribution is 6.31. The van der Waals surface area contributed by atoms with Crippen LogP contribution in [-0.2, 0) is 4.79 Å². The van der Waals surface area contributed by atoms with Gasteiger partial charge in [-0.2, -0.15) is 5.10 Å². The van der Waals surface area contributed by atoms with Crippen molar-refractivity contribution < 1.29 is 14.4 Å². The zero-order chi connectivity index (χ0) is 19.9. The lowest BCUT2D eigenvalue weighted by atomic mass is 10.1. The fourth-order valence-electron chi connectivity index (χ4n) is 2.33. The molecule has 0 fully saturated rings. The largest absolute Gasteiger partial charge is 0.343 e. The number of H-pyrrole nitrogens is 1. The zero-order valence-corrected chi connectivity index (χ0v) is 15.3. The quantitative estimate of drug-likeness (QED) is 0.492. The molecule has 142 valence electrons. The Morgan fingerprint density at radius 2 is 1.71 bits per heavy atom. The Balaban J connectivity index is 1.47. The molecule has 0 saturated carbocycles. The average Bonchev–Trinajstić information content (AvgIpc) is 3.21. The first-order chi connectivity index (χ1) is 13.5. The van der Waals surface area contributed by atoms with Gasteiger partial charge >= 0.3 is 0 Å². The number of hydrazine groups is 1. The van der Waals surface area contributed by atoms with Crippen LogP contribution < -0.4 is 16.2 Å². The summed E-state index contributed by atoms with van der Waals surface area (Å²) in [5.41, 5.74) is 6.44. The minimum atomic E-state index is -0.591. The third-order valence-electron chi connectivity index (χ3n) is 3.70. The molecule has 0 aliphatic carbocycles. The van der Waals surface area contributed by atoms with Gasteiger partial charge in [0.2, 0.25) is 0 Å². The number of rotatable bonds is 5. The Bertz CT molecular complexity index is 1000. The van der Waals surface area contributed by atoms with Crippen molar-refractivity contribution in [2.75, 3.05) is 6.54 Å². The van der Waals surface area contributed by atoms with Crippen molar-refractivity contribution in [3.63, 3.8) is 0 Å². The highest BCUT2D eigenvalue weighted by Gasteiger charge is 2.13. The molecule has 0 atom stereocenters. The van der Waals surface area contributed by atoms with Crippen LogP contribution in [0.1, 0.15) is 20.8 Å². The number of aromatic amines is 1. The summed E-state index contributed by atoms with van der Waals surface area (Å²) in [6, 6.07) is 17.2. The van der Waals surface area contributed by atoms with E-state index in [1.165, 1.54) is 6.07 Å². The molecule has 28 heavy (non-hydrogen) atoms. The number of amides is 3. The molecule has 0 radical (unpaired) electrons. The van der Waals surface area contributed by atoms with Crippen LogP contribution in [0, 0.1) is 0 Å².